The van der Waals surface area contributed by atoms with Gasteiger partial charge < -0.3 is 29.2 Å². The lowest BCUT2D eigenvalue weighted by Gasteiger charge is -2.15. The van der Waals surface area contributed by atoms with Gasteiger partial charge in [0.25, 0.3) is 0 Å². The van der Waals surface area contributed by atoms with Gasteiger partial charge in [0.15, 0.2) is 0 Å². The van der Waals surface area contributed by atoms with Gasteiger partial charge in [-0.15, -0.1) is 0 Å². The molecule has 2 N–H and O–H groups in total. The molecule has 3 rings (SSSR count). The fraction of sp³-hybridized carbons (Fsp3) is 0.375. The molecule has 1 heterocycles. The predicted octanol–water partition coefficient (Wildman–Crippen LogP) is 3.17. The molecule has 0 amide bonds. The zero-order valence-electron chi connectivity index (χ0n) is 18.3. The van der Waals surface area contributed by atoms with Crippen LogP contribution in [0.2, 0.25) is 0 Å². The number of carbonyl (C=O) groups excluding carboxylic acids is 1. The number of benzene rings is 2. The summed E-state index contributed by atoms with van der Waals surface area (Å²) in [5.41, 5.74) is 1.74. The Kier molecular flexibility index (Phi) is 8.06. The molecule has 0 fully saturated rings. The fourth-order valence-corrected chi connectivity index (χ4v) is 3.19. The van der Waals surface area contributed by atoms with Crippen LogP contribution in [0.15, 0.2) is 52.9 Å². The van der Waals surface area contributed by atoms with Gasteiger partial charge in [0.1, 0.15) is 35.4 Å². The summed E-state index contributed by atoms with van der Waals surface area (Å²) in [5.74, 6) is 0.574. The molecule has 0 saturated carbocycles. The normalized spacial score (nSPS) is 12.3. The molecule has 166 valence electrons. The van der Waals surface area contributed by atoms with Crippen LogP contribution in [0.5, 0.6) is 5.75 Å². The second kappa shape index (κ2) is 10.9. The first-order chi connectivity index (χ1) is 15.0. The smallest absolute Gasteiger partial charge is 0.342 e. The molecule has 3 aromatic rings. The highest BCUT2D eigenvalue weighted by molar-refractivity contribution is 6.09. The topological polar surface area (TPSA) is 84.2 Å². The largest absolute Gasteiger partial charge is 0.491 e. The molecule has 7 nitrogen and oxygen atoms in total. The number of ether oxygens (including phenoxy) is 2. The van der Waals surface area contributed by atoms with Crippen LogP contribution in [0, 0.1) is 0 Å². The third-order valence-corrected chi connectivity index (χ3v) is 4.73. The van der Waals surface area contributed by atoms with Crippen LogP contribution in [0.3, 0.4) is 0 Å². The number of rotatable bonds is 11. The van der Waals surface area contributed by atoms with Crippen LogP contribution in [0.25, 0.3) is 22.3 Å². The highest BCUT2D eigenvalue weighted by atomic mass is 16.5. The minimum Gasteiger partial charge on any atom is -0.491 e. The Hall–Kier alpha value is -2.87. The molecule has 1 aromatic heterocycles. The van der Waals surface area contributed by atoms with Crippen LogP contribution < -0.4 is 10.1 Å². The van der Waals surface area contributed by atoms with Gasteiger partial charge in [-0.25, -0.2) is 4.79 Å². The summed E-state index contributed by atoms with van der Waals surface area (Å²) in [6, 6.07) is 14.7. The summed E-state index contributed by atoms with van der Waals surface area (Å²) in [7, 11) is 4.00. The van der Waals surface area contributed by atoms with E-state index in [9.17, 15) is 9.90 Å². The average molecular weight is 427 g/mol. The van der Waals surface area contributed by atoms with Crippen molar-refractivity contribution < 1.29 is 23.8 Å². The summed E-state index contributed by atoms with van der Waals surface area (Å²) < 4.78 is 17.0. The molecule has 0 saturated heterocycles. The molecule has 0 radical (unpaired) electrons. The van der Waals surface area contributed by atoms with Crippen molar-refractivity contribution in [3.63, 3.8) is 0 Å². The molecule has 0 spiro atoms. The molecule has 2 aromatic carbocycles. The summed E-state index contributed by atoms with van der Waals surface area (Å²) in [6.07, 6.45) is -0.647. The van der Waals surface area contributed by atoms with Gasteiger partial charge in [0.2, 0.25) is 0 Å². The van der Waals surface area contributed by atoms with Crippen LogP contribution in [0.4, 0.5) is 0 Å². The predicted molar refractivity (Wildman–Crippen MR) is 121 cm³/mol. The number of nitrogens with one attached hydrogen (secondary N) is 1. The third-order valence-electron chi connectivity index (χ3n) is 4.73. The van der Waals surface area contributed by atoms with Gasteiger partial charge >= 0.3 is 5.97 Å². The Morgan fingerprint density at radius 3 is 2.68 bits per heavy atom. The van der Waals surface area contributed by atoms with Crippen LogP contribution in [0.1, 0.15) is 17.3 Å². The standard InChI is InChI=1S/C24H30N2O5/c1-4-29-24(28)22-20-14-19(30-16-18(27)15-25-12-13-26(2)3)10-11-21(20)31-23(22)17-8-6-5-7-9-17/h5-11,14,18,25,27H,4,12-13,15-16H2,1-3H3/t18-/m0/s1. The number of carbonyl (C=O) groups is 1. The third kappa shape index (κ3) is 6.07. The van der Waals surface area contributed by atoms with Gasteiger partial charge in [0.05, 0.1) is 6.61 Å². The van der Waals surface area contributed by atoms with E-state index in [1.807, 2.05) is 44.4 Å². The summed E-state index contributed by atoms with van der Waals surface area (Å²) in [5, 5.41) is 14.0. The zero-order chi connectivity index (χ0) is 22.2. The zero-order valence-corrected chi connectivity index (χ0v) is 18.3. The maximum absolute atomic E-state index is 12.7. The van der Waals surface area contributed by atoms with E-state index in [2.05, 4.69) is 10.2 Å². The molecule has 0 bridgehead atoms. The molecule has 0 unspecified atom stereocenters. The lowest BCUT2D eigenvalue weighted by atomic mass is 10.1. The first-order valence-corrected chi connectivity index (χ1v) is 10.4. The molecular formula is C24H30N2O5. The van der Waals surface area contributed by atoms with Crippen molar-refractivity contribution in [2.45, 2.75) is 13.0 Å². The average Bonchev–Trinajstić information content (AvgIpc) is 3.15. The number of furan rings is 1. The quantitative estimate of drug-likeness (QED) is 0.360. The molecule has 0 aliphatic rings. The van der Waals surface area contributed by atoms with Crippen molar-refractivity contribution in [3.8, 4) is 17.1 Å². The Labute approximate surface area is 182 Å². The summed E-state index contributed by atoms with van der Waals surface area (Å²) in [6.45, 7) is 4.29. The van der Waals surface area contributed by atoms with Gasteiger partial charge in [-0.05, 0) is 39.2 Å². The van der Waals surface area contributed by atoms with E-state index in [1.54, 1.807) is 25.1 Å². The monoisotopic (exact) mass is 426 g/mol. The lowest BCUT2D eigenvalue weighted by molar-refractivity contribution is 0.0528. The van der Waals surface area contributed by atoms with E-state index in [1.165, 1.54) is 0 Å². The first kappa shape index (κ1) is 22.8. The Morgan fingerprint density at radius 1 is 1.19 bits per heavy atom. The molecule has 31 heavy (non-hydrogen) atoms. The van der Waals surface area contributed by atoms with Crippen molar-refractivity contribution in [1.29, 1.82) is 0 Å². The summed E-state index contributed by atoms with van der Waals surface area (Å²) >= 11 is 0. The SMILES string of the molecule is CCOC(=O)c1c(-c2ccccc2)oc2ccc(OC[C@@H](O)CNCCN(C)C)cc12. The minimum absolute atomic E-state index is 0.138. The van der Waals surface area contributed by atoms with Gasteiger partial charge in [-0.1, -0.05) is 30.3 Å². The van der Waals surface area contributed by atoms with E-state index < -0.39 is 12.1 Å². The second-order valence-corrected chi connectivity index (χ2v) is 7.52. The van der Waals surface area contributed by atoms with E-state index in [0.29, 0.717) is 34.6 Å². The van der Waals surface area contributed by atoms with Crippen molar-refractivity contribution >= 4 is 16.9 Å². The Bertz CT molecular complexity index is 984. The van der Waals surface area contributed by atoms with Gasteiger partial charge in [0, 0.05) is 30.6 Å². The van der Waals surface area contributed by atoms with Crippen molar-refractivity contribution in [2.75, 3.05) is 46.9 Å². The van der Waals surface area contributed by atoms with Crippen LogP contribution in [-0.4, -0.2) is 69.0 Å². The van der Waals surface area contributed by atoms with Crippen LogP contribution in [-0.2, 0) is 4.74 Å². The Morgan fingerprint density at radius 2 is 1.97 bits per heavy atom. The van der Waals surface area contributed by atoms with Crippen LogP contribution >= 0.6 is 0 Å². The van der Waals surface area contributed by atoms with Gasteiger partial charge in [-0.3, -0.25) is 0 Å². The Balaban J connectivity index is 1.77. The van der Waals surface area contributed by atoms with E-state index in [0.717, 1.165) is 18.7 Å². The summed E-state index contributed by atoms with van der Waals surface area (Å²) in [4.78, 5) is 14.8. The second-order valence-electron chi connectivity index (χ2n) is 7.52. The maximum atomic E-state index is 12.7. The van der Waals surface area contributed by atoms with E-state index >= 15 is 0 Å². The molecule has 1 atom stereocenters. The van der Waals surface area contributed by atoms with Crippen molar-refractivity contribution in [2.24, 2.45) is 0 Å². The number of esters is 1. The number of aliphatic hydroxyl groups is 1. The van der Waals surface area contributed by atoms with Gasteiger partial charge in [-0.2, -0.15) is 0 Å². The lowest BCUT2D eigenvalue weighted by Crippen LogP contribution is -2.35. The number of fused-ring (bicyclic) bond motifs is 1. The van der Waals surface area contributed by atoms with E-state index in [-0.39, 0.29) is 13.2 Å². The number of hydrogen-bond acceptors (Lipinski definition) is 7. The number of likely N-dealkylation sites (N-methyl/N-ethyl adjacent to an activating group) is 1. The molecule has 0 aliphatic heterocycles. The van der Waals surface area contributed by atoms with Crippen molar-refractivity contribution in [1.82, 2.24) is 10.2 Å². The molecule has 7 heteroatoms. The highest BCUT2D eigenvalue weighted by Gasteiger charge is 2.23. The first-order valence-electron chi connectivity index (χ1n) is 10.4. The minimum atomic E-state index is -0.647. The molecular weight excluding hydrogens is 396 g/mol. The fourth-order valence-electron chi connectivity index (χ4n) is 3.19. The number of aliphatic hydroxyl groups excluding tert-OH is 1. The maximum Gasteiger partial charge on any atom is 0.342 e. The van der Waals surface area contributed by atoms with E-state index in [4.69, 9.17) is 13.9 Å². The molecule has 0 aliphatic carbocycles. The number of nitrogens with zero attached hydrogens (tertiary/aromatic N) is 1. The van der Waals surface area contributed by atoms with Crippen molar-refractivity contribution in [3.05, 3.63) is 54.1 Å². The number of hydrogen-bond donors (Lipinski definition) is 2. The highest BCUT2D eigenvalue weighted by Crippen LogP contribution is 2.36.